The second-order valence-electron chi connectivity index (χ2n) is 5.79. The summed E-state index contributed by atoms with van der Waals surface area (Å²) < 4.78 is 26.1. The Morgan fingerprint density at radius 1 is 1.33 bits per heavy atom. The molecule has 5 heteroatoms. The van der Waals surface area contributed by atoms with E-state index < -0.39 is 23.2 Å². The Hall–Kier alpha value is -1.75. The first kappa shape index (κ1) is 17.3. The summed E-state index contributed by atoms with van der Waals surface area (Å²) in [6.07, 6.45) is 2.60. The van der Waals surface area contributed by atoms with Crippen LogP contribution in [0.25, 0.3) is 0 Å². The molecule has 0 aliphatic carbocycles. The Morgan fingerprint density at radius 2 is 1.95 bits per heavy atom. The molecule has 0 saturated carbocycles. The van der Waals surface area contributed by atoms with Gasteiger partial charge in [-0.25, -0.2) is 8.78 Å². The SMILES string of the molecule is CN(C)C(=O)C/C=C/C(C)(C)C(O)c1ccc(F)c(F)c1. The van der Waals surface area contributed by atoms with E-state index in [2.05, 4.69) is 0 Å². The molecule has 0 aliphatic heterocycles. The van der Waals surface area contributed by atoms with Crippen molar-refractivity contribution in [1.29, 1.82) is 0 Å². The van der Waals surface area contributed by atoms with E-state index in [1.165, 1.54) is 11.0 Å². The van der Waals surface area contributed by atoms with Crippen molar-refractivity contribution in [3.05, 3.63) is 47.5 Å². The lowest BCUT2D eigenvalue weighted by molar-refractivity contribution is -0.127. The molecule has 0 spiro atoms. The van der Waals surface area contributed by atoms with Crippen molar-refractivity contribution in [1.82, 2.24) is 4.90 Å². The van der Waals surface area contributed by atoms with Gasteiger partial charge in [0, 0.05) is 25.9 Å². The van der Waals surface area contributed by atoms with Crippen LogP contribution in [0, 0.1) is 17.0 Å². The number of hydrogen-bond donors (Lipinski definition) is 1. The van der Waals surface area contributed by atoms with Crippen LogP contribution < -0.4 is 0 Å². The molecule has 1 aromatic rings. The van der Waals surface area contributed by atoms with Crippen molar-refractivity contribution in [2.45, 2.75) is 26.4 Å². The van der Waals surface area contributed by atoms with Gasteiger partial charge in [-0.2, -0.15) is 0 Å². The topological polar surface area (TPSA) is 40.5 Å². The van der Waals surface area contributed by atoms with Gasteiger partial charge in [0.25, 0.3) is 0 Å². The Balaban J connectivity index is 2.83. The van der Waals surface area contributed by atoms with Crippen molar-refractivity contribution in [2.24, 2.45) is 5.41 Å². The van der Waals surface area contributed by atoms with E-state index in [1.807, 2.05) is 0 Å². The van der Waals surface area contributed by atoms with Crippen LogP contribution in [0.5, 0.6) is 0 Å². The van der Waals surface area contributed by atoms with Gasteiger partial charge in [-0.1, -0.05) is 32.1 Å². The zero-order valence-corrected chi connectivity index (χ0v) is 12.7. The number of aliphatic hydroxyl groups is 1. The standard InChI is InChI=1S/C16H21F2NO2/c1-16(2,9-5-6-14(20)19(3)4)15(21)11-7-8-12(17)13(18)10-11/h5,7-10,15,21H,6H2,1-4H3/b9-5+. The minimum atomic E-state index is -1.00. The zero-order valence-electron chi connectivity index (χ0n) is 12.7. The van der Waals surface area contributed by atoms with E-state index in [0.29, 0.717) is 5.56 Å². The van der Waals surface area contributed by atoms with Crippen molar-refractivity contribution in [3.63, 3.8) is 0 Å². The van der Waals surface area contributed by atoms with E-state index in [4.69, 9.17) is 0 Å². The second kappa shape index (κ2) is 6.80. The third-order valence-corrected chi connectivity index (χ3v) is 3.30. The molecule has 0 radical (unpaired) electrons. The fourth-order valence-corrected chi connectivity index (χ4v) is 1.85. The van der Waals surface area contributed by atoms with Crippen LogP contribution in [-0.4, -0.2) is 30.0 Å². The maximum Gasteiger partial charge on any atom is 0.225 e. The molecule has 21 heavy (non-hydrogen) atoms. The number of amides is 1. The Bertz CT molecular complexity index is 539. The lowest BCUT2D eigenvalue weighted by Crippen LogP contribution is -2.22. The van der Waals surface area contributed by atoms with Gasteiger partial charge in [0.1, 0.15) is 0 Å². The molecule has 0 bridgehead atoms. The number of nitrogens with zero attached hydrogens (tertiary/aromatic N) is 1. The smallest absolute Gasteiger partial charge is 0.225 e. The molecule has 1 unspecified atom stereocenters. The van der Waals surface area contributed by atoms with Crippen LogP contribution in [0.1, 0.15) is 31.9 Å². The van der Waals surface area contributed by atoms with Crippen molar-refractivity contribution >= 4 is 5.91 Å². The molecule has 1 rings (SSSR count). The molecule has 0 fully saturated rings. The summed E-state index contributed by atoms with van der Waals surface area (Å²) >= 11 is 0. The van der Waals surface area contributed by atoms with E-state index in [-0.39, 0.29) is 12.3 Å². The summed E-state index contributed by atoms with van der Waals surface area (Å²) in [5, 5.41) is 10.3. The van der Waals surface area contributed by atoms with Crippen LogP contribution >= 0.6 is 0 Å². The van der Waals surface area contributed by atoms with Gasteiger partial charge in [0.2, 0.25) is 5.91 Å². The number of carbonyl (C=O) groups excluding carboxylic acids is 1. The number of rotatable bonds is 5. The highest BCUT2D eigenvalue weighted by molar-refractivity contribution is 5.77. The van der Waals surface area contributed by atoms with Crippen LogP contribution in [0.15, 0.2) is 30.4 Å². The Kier molecular flexibility index (Phi) is 5.61. The van der Waals surface area contributed by atoms with E-state index in [0.717, 1.165) is 12.1 Å². The van der Waals surface area contributed by atoms with E-state index in [9.17, 15) is 18.7 Å². The summed E-state index contributed by atoms with van der Waals surface area (Å²) in [5.41, 5.74) is -0.417. The van der Waals surface area contributed by atoms with E-state index in [1.54, 1.807) is 40.1 Å². The second-order valence-corrected chi connectivity index (χ2v) is 5.79. The first-order valence-electron chi connectivity index (χ1n) is 6.66. The Morgan fingerprint density at radius 3 is 2.48 bits per heavy atom. The molecule has 1 atom stereocenters. The number of benzene rings is 1. The van der Waals surface area contributed by atoms with Gasteiger partial charge in [0.15, 0.2) is 11.6 Å². The maximum atomic E-state index is 13.2. The molecule has 0 aromatic heterocycles. The largest absolute Gasteiger partial charge is 0.388 e. The number of halogens is 2. The van der Waals surface area contributed by atoms with E-state index >= 15 is 0 Å². The van der Waals surface area contributed by atoms with Crippen molar-refractivity contribution < 1.29 is 18.7 Å². The predicted octanol–water partition coefficient (Wildman–Crippen LogP) is 3.06. The average molecular weight is 297 g/mol. The number of carbonyl (C=O) groups is 1. The van der Waals surface area contributed by atoms with Gasteiger partial charge in [0.05, 0.1) is 6.10 Å². The number of aliphatic hydroxyl groups excluding tert-OH is 1. The first-order valence-corrected chi connectivity index (χ1v) is 6.66. The minimum absolute atomic E-state index is 0.0515. The lowest BCUT2D eigenvalue weighted by atomic mass is 9.82. The van der Waals surface area contributed by atoms with Crippen molar-refractivity contribution in [3.8, 4) is 0 Å². The molecule has 1 amide bonds. The van der Waals surface area contributed by atoms with Crippen LogP contribution in [0.4, 0.5) is 8.78 Å². The summed E-state index contributed by atoms with van der Waals surface area (Å²) in [7, 11) is 3.33. The molecule has 1 aromatic carbocycles. The highest BCUT2D eigenvalue weighted by Gasteiger charge is 2.27. The molecule has 3 nitrogen and oxygen atoms in total. The molecule has 1 N–H and O–H groups in total. The van der Waals surface area contributed by atoms with Crippen LogP contribution in [-0.2, 0) is 4.79 Å². The fraction of sp³-hybridized carbons (Fsp3) is 0.438. The highest BCUT2D eigenvalue weighted by Crippen LogP contribution is 2.35. The maximum absolute atomic E-state index is 13.2. The lowest BCUT2D eigenvalue weighted by Gasteiger charge is -2.27. The minimum Gasteiger partial charge on any atom is -0.388 e. The van der Waals surface area contributed by atoms with Crippen molar-refractivity contribution in [2.75, 3.05) is 14.1 Å². The third kappa shape index (κ3) is 4.63. The fourth-order valence-electron chi connectivity index (χ4n) is 1.85. The van der Waals surface area contributed by atoms with Gasteiger partial charge < -0.3 is 10.0 Å². The molecule has 0 heterocycles. The van der Waals surface area contributed by atoms with Gasteiger partial charge in [-0.3, -0.25) is 4.79 Å². The molecule has 0 saturated heterocycles. The quantitative estimate of drug-likeness (QED) is 0.849. The summed E-state index contributed by atoms with van der Waals surface area (Å²) in [5.74, 6) is -1.99. The molecule has 116 valence electrons. The molecule has 0 aliphatic rings. The molecular weight excluding hydrogens is 276 g/mol. The average Bonchev–Trinajstić information content (AvgIpc) is 2.40. The Labute approximate surface area is 123 Å². The monoisotopic (exact) mass is 297 g/mol. The van der Waals surface area contributed by atoms with Crippen LogP contribution in [0.3, 0.4) is 0 Å². The van der Waals surface area contributed by atoms with Gasteiger partial charge in [-0.15, -0.1) is 0 Å². The van der Waals surface area contributed by atoms with Gasteiger partial charge in [-0.05, 0) is 17.7 Å². The highest BCUT2D eigenvalue weighted by atomic mass is 19.2. The van der Waals surface area contributed by atoms with Gasteiger partial charge >= 0.3 is 0 Å². The first-order chi connectivity index (χ1) is 9.65. The summed E-state index contributed by atoms with van der Waals surface area (Å²) in [6, 6.07) is 3.33. The summed E-state index contributed by atoms with van der Waals surface area (Å²) in [6.45, 7) is 3.52. The number of hydrogen-bond acceptors (Lipinski definition) is 2. The molecular formula is C16H21F2NO2. The predicted molar refractivity (Wildman–Crippen MR) is 77.5 cm³/mol. The summed E-state index contributed by atoms with van der Waals surface area (Å²) in [4.78, 5) is 12.9. The third-order valence-electron chi connectivity index (χ3n) is 3.30. The normalized spacial score (nSPS) is 13.5. The zero-order chi connectivity index (χ0) is 16.2. The van der Waals surface area contributed by atoms with Crippen LogP contribution in [0.2, 0.25) is 0 Å².